The van der Waals surface area contributed by atoms with Gasteiger partial charge in [-0.15, -0.1) is 0 Å². The first-order chi connectivity index (χ1) is 21.0. The lowest BCUT2D eigenvalue weighted by Crippen LogP contribution is -2.31. The lowest BCUT2D eigenvalue weighted by atomic mass is 10.0. The molecule has 0 bridgehead atoms. The Kier molecular flexibility index (Phi) is 10.3. The molecule has 1 saturated heterocycles. The van der Waals surface area contributed by atoms with Crippen molar-refractivity contribution >= 4 is 46.4 Å². The summed E-state index contributed by atoms with van der Waals surface area (Å²) in [5.74, 6) is -0.509. The topological polar surface area (TPSA) is 323 Å². The molecule has 4 rings (SSSR count). The van der Waals surface area contributed by atoms with Crippen LogP contribution < -0.4 is 10.5 Å². The summed E-state index contributed by atoms with van der Waals surface area (Å²) in [6.45, 7) is 0.607. The summed E-state index contributed by atoms with van der Waals surface area (Å²) in [5, 5.41) is 3.61. The van der Waals surface area contributed by atoms with Crippen LogP contribution in [0.4, 0.5) is 5.82 Å². The second kappa shape index (κ2) is 13.5. The Morgan fingerprint density at radius 3 is 2.60 bits per heavy atom. The Balaban J connectivity index is 1.61. The van der Waals surface area contributed by atoms with Crippen molar-refractivity contribution < 1.29 is 65.4 Å². The smallest absolute Gasteiger partial charge is 0.490 e. The summed E-state index contributed by atoms with van der Waals surface area (Å²) in [6.07, 6.45) is -1.23. The van der Waals surface area contributed by atoms with E-state index in [0.717, 1.165) is 0 Å². The fourth-order valence-corrected chi connectivity index (χ4v) is 7.27. The molecule has 45 heavy (non-hydrogen) atoms. The minimum atomic E-state index is -5.80. The number of esters is 1. The maximum atomic E-state index is 13.4. The number of azide groups is 1. The highest BCUT2D eigenvalue weighted by Crippen LogP contribution is 2.66. The average Bonchev–Trinajstić information content (AvgIpc) is 3.54. The molecule has 1 aliphatic heterocycles. The van der Waals surface area contributed by atoms with E-state index in [1.807, 2.05) is 0 Å². The van der Waals surface area contributed by atoms with Crippen molar-refractivity contribution in [3.05, 3.63) is 52.4 Å². The van der Waals surface area contributed by atoms with Crippen molar-refractivity contribution in [1.29, 1.82) is 0 Å². The molecule has 2 aromatic heterocycles. The number of benzene rings is 1. The van der Waals surface area contributed by atoms with E-state index in [-0.39, 0.29) is 34.5 Å². The Labute approximate surface area is 252 Å². The van der Waals surface area contributed by atoms with Crippen LogP contribution in [0.15, 0.2) is 36.0 Å². The van der Waals surface area contributed by atoms with Gasteiger partial charge in [-0.2, -0.15) is 8.62 Å². The van der Waals surface area contributed by atoms with Gasteiger partial charge in [0, 0.05) is 11.3 Å². The lowest BCUT2D eigenvalue weighted by Gasteiger charge is -2.22. The van der Waals surface area contributed by atoms with Gasteiger partial charge in [0.1, 0.15) is 36.0 Å². The number of anilines is 1. The first-order valence-corrected chi connectivity index (χ1v) is 16.8. The van der Waals surface area contributed by atoms with E-state index in [4.69, 9.17) is 39.8 Å². The Morgan fingerprint density at radius 2 is 1.93 bits per heavy atom. The number of hydrogen-bond donors (Lipinski definition) is 5. The van der Waals surface area contributed by atoms with Crippen LogP contribution in [0.25, 0.3) is 21.6 Å². The summed E-state index contributed by atoms with van der Waals surface area (Å²) in [7, 11) is -15.6. The highest BCUT2D eigenvalue weighted by molar-refractivity contribution is 7.66. The number of ether oxygens (including phenoxy) is 3. The van der Waals surface area contributed by atoms with E-state index >= 15 is 0 Å². The largest absolute Gasteiger partial charge is 0.497 e. The molecule has 22 nitrogen and oxygen atoms in total. The van der Waals surface area contributed by atoms with Crippen LogP contribution in [0.2, 0.25) is 0 Å². The average molecular weight is 694 g/mol. The van der Waals surface area contributed by atoms with E-state index in [2.05, 4.69) is 33.6 Å². The van der Waals surface area contributed by atoms with Crippen molar-refractivity contribution in [3.63, 3.8) is 0 Å². The van der Waals surface area contributed by atoms with Gasteiger partial charge in [0.25, 0.3) is 0 Å². The normalized spacial score (nSPS) is 21.8. The highest BCUT2D eigenvalue weighted by Gasteiger charge is 2.44. The van der Waals surface area contributed by atoms with Crippen LogP contribution in [0, 0.1) is 0 Å². The summed E-state index contributed by atoms with van der Waals surface area (Å²) < 4.78 is 65.4. The fourth-order valence-electron chi connectivity index (χ4n) is 4.24. The fraction of sp³-hybridized carbons (Fsp3) is 0.400. The minimum Gasteiger partial charge on any atom is -0.497 e. The number of hydrogen-bond acceptors (Lipinski definition) is 15. The molecule has 244 valence electrons. The van der Waals surface area contributed by atoms with E-state index in [1.165, 1.54) is 49.5 Å². The van der Waals surface area contributed by atoms with Gasteiger partial charge in [0.05, 0.1) is 31.6 Å². The summed E-state index contributed by atoms with van der Waals surface area (Å²) >= 11 is 0. The second-order valence-electron chi connectivity index (χ2n) is 9.11. The quantitative estimate of drug-likeness (QED) is 0.0564. The number of fused-ring (bicyclic) bond motifs is 1. The van der Waals surface area contributed by atoms with E-state index in [9.17, 15) is 28.3 Å². The number of carbonyl (C=O) groups excluding carboxylic acids is 1. The maximum absolute atomic E-state index is 13.4. The van der Waals surface area contributed by atoms with Gasteiger partial charge in [-0.3, -0.25) is 9.09 Å². The van der Waals surface area contributed by atoms with E-state index in [1.54, 1.807) is 0 Å². The Hall–Kier alpha value is -3.48. The van der Waals surface area contributed by atoms with Crippen LogP contribution in [0.3, 0.4) is 0 Å². The Bertz CT molecular complexity index is 1780. The molecule has 1 aromatic carbocycles. The Morgan fingerprint density at radius 1 is 1.20 bits per heavy atom. The van der Waals surface area contributed by atoms with E-state index < -0.39 is 60.5 Å². The molecule has 6 N–H and O–H groups in total. The third-order valence-corrected chi connectivity index (χ3v) is 9.91. The number of phosphoric acid groups is 3. The molecule has 1 fully saturated rings. The predicted octanol–water partition coefficient (Wildman–Crippen LogP) is 2.64. The predicted molar refractivity (Wildman–Crippen MR) is 148 cm³/mol. The molecule has 0 saturated carbocycles. The molecule has 0 amide bonds. The van der Waals surface area contributed by atoms with Crippen LogP contribution in [0.1, 0.15) is 41.5 Å². The third kappa shape index (κ3) is 8.62. The molecular formula is C20H25N8O14P3. The maximum Gasteiger partial charge on any atom is 0.490 e. The first kappa shape index (κ1) is 34.4. The van der Waals surface area contributed by atoms with Crippen molar-refractivity contribution in [2.45, 2.75) is 37.8 Å². The number of aromatic nitrogens is 4. The molecule has 25 heteroatoms. The van der Waals surface area contributed by atoms with Gasteiger partial charge in [-0.05, 0) is 29.3 Å². The molecule has 0 radical (unpaired) electrons. The van der Waals surface area contributed by atoms with Crippen molar-refractivity contribution in [2.75, 3.05) is 19.5 Å². The van der Waals surface area contributed by atoms with Gasteiger partial charge in [0.2, 0.25) is 0 Å². The standard InChI is InChI=1S/C20H25N8O14P3/c1-10(26-27-22)13-5-11(37-2)3-4-12(13)20(29)40-14-6-16(28-9-25-17-18(21)23-8-24-19(17)28)39-15(14)7-38-44(33,34)42-45(35,36)41-43(30,31)32/h3-5,8-10,14-16H,6-7H2,1-2H3,(H,33,34)(H,35,36)(H2,21,23,24)(H2,30,31,32)/t10?,14?,15-,16-/m1/s1. The highest BCUT2D eigenvalue weighted by atomic mass is 31.3. The van der Waals surface area contributed by atoms with Gasteiger partial charge < -0.3 is 39.5 Å². The number of nitrogen functional groups attached to an aromatic ring is 1. The lowest BCUT2D eigenvalue weighted by molar-refractivity contribution is -0.0490. The number of rotatable bonds is 13. The molecule has 6 atom stereocenters. The molecular weight excluding hydrogens is 669 g/mol. The van der Waals surface area contributed by atoms with Crippen molar-refractivity contribution in [3.8, 4) is 5.75 Å². The molecule has 0 spiro atoms. The van der Waals surface area contributed by atoms with Crippen LogP contribution in [-0.2, 0) is 36.3 Å². The van der Waals surface area contributed by atoms with Gasteiger partial charge in [-0.1, -0.05) is 12.0 Å². The molecule has 4 unspecified atom stereocenters. The zero-order valence-electron chi connectivity index (χ0n) is 23.0. The number of nitrogens with two attached hydrogens (primary N) is 1. The van der Waals surface area contributed by atoms with Crippen molar-refractivity contribution in [2.24, 2.45) is 5.11 Å². The number of phosphoric ester groups is 1. The summed E-state index contributed by atoms with van der Waals surface area (Å²) in [6, 6.07) is 3.48. The molecule has 3 heterocycles. The van der Waals surface area contributed by atoms with Crippen molar-refractivity contribution in [1.82, 2.24) is 19.5 Å². The van der Waals surface area contributed by atoms with Crippen LogP contribution in [0.5, 0.6) is 5.75 Å². The first-order valence-electron chi connectivity index (χ1n) is 12.3. The van der Waals surface area contributed by atoms with Gasteiger partial charge in [-0.25, -0.2) is 33.4 Å². The number of imidazole rings is 1. The second-order valence-corrected chi connectivity index (χ2v) is 13.5. The third-order valence-electron chi connectivity index (χ3n) is 6.11. The molecule has 0 aliphatic carbocycles. The number of carbonyl (C=O) groups is 1. The zero-order chi connectivity index (χ0) is 33.2. The SMILES string of the molecule is COc1ccc(C(=O)OC2C[C@H](n3cnc4c(N)ncnc43)O[C@@H]2COP(=O)(O)OP(=O)(O)OP(=O)(O)O)c(C(C)N=[N+]=[N-])c1. The zero-order valence-corrected chi connectivity index (χ0v) is 25.7. The molecule has 3 aromatic rings. The van der Waals surface area contributed by atoms with Crippen LogP contribution in [-0.4, -0.2) is 71.0 Å². The number of methoxy groups -OCH3 is 1. The van der Waals surface area contributed by atoms with E-state index in [0.29, 0.717) is 5.75 Å². The van der Waals surface area contributed by atoms with Gasteiger partial charge >= 0.3 is 29.4 Å². The number of nitrogens with zero attached hydrogens (tertiary/aromatic N) is 7. The summed E-state index contributed by atoms with van der Waals surface area (Å²) in [5.41, 5.74) is 15.4. The minimum absolute atomic E-state index is 0.0145. The summed E-state index contributed by atoms with van der Waals surface area (Å²) in [4.78, 5) is 65.2. The monoisotopic (exact) mass is 694 g/mol. The molecule has 1 aliphatic rings. The van der Waals surface area contributed by atoms with Crippen LogP contribution >= 0.6 is 23.5 Å². The van der Waals surface area contributed by atoms with Gasteiger partial charge in [0.15, 0.2) is 11.5 Å².